The molecule has 0 radical (unpaired) electrons. The summed E-state index contributed by atoms with van der Waals surface area (Å²) < 4.78 is 26.4. The Morgan fingerprint density at radius 3 is 2.81 bits per heavy atom. The van der Waals surface area contributed by atoms with E-state index < -0.39 is 12.5 Å². The standard InChI is InChI=1S/C9H8F2N4O/c10-9(11,5-16)7-3-1-2-6(4-7)8-12-14-15-13-8/h1-4,16H,5H2,(H,12,13,14,15). The monoisotopic (exact) mass is 226 g/mol. The molecule has 1 heterocycles. The van der Waals surface area contributed by atoms with E-state index in [1.54, 1.807) is 6.07 Å². The summed E-state index contributed by atoms with van der Waals surface area (Å²) in [5.41, 5.74) is 0.136. The fourth-order valence-corrected chi connectivity index (χ4v) is 1.26. The largest absolute Gasteiger partial charge is 0.390 e. The number of H-pyrrole nitrogens is 1. The fourth-order valence-electron chi connectivity index (χ4n) is 1.26. The van der Waals surface area contributed by atoms with Gasteiger partial charge in [0.15, 0.2) is 0 Å². The molecule has 2 aromatic rings. The molecule has 1 aromatic carbocycles. The van der Waals surface area contributed by atoms with Crippen LogP contribution in [0.3, 0.4) is 0 Å². The van der Waals surface area contributed by atoms with E-state index in [4.69, 9.17) is 5.11 Å². The summed E-state index contributed by atoms with van der Waals surface area (Å²) in [7, 11) is 0. The van der Waals surface area contributed by atoms with Gasteiger partial charge >= 0.3 is 0 Å². The molecule has 7 heteroatoms. The number of benzene rings is 1. The smallest absolute Gasteiger partial charge is 0.295 e. The molecular formula is C9H8F2N4O. The summed E-state index contributed by atoms with van der Waals surface area (Å²) in [6.07, 6.45) is 0. The van der Waals surface area contributed by atoms with E-state index in [0.29, 0.717) is 5.56 Å². The lowest BCUT2D eigenvalue weighted by Gasteiger charge is -2.13. The van der Waals surface area contributed by atoms with Gasteiger partial charge in [0.2, 0.25) is 5.82 Å². The number of aromatic amines is 1. The second-order valence-corrected chi connectivity index (χ2v) is 3.18. The molecule has 1 aromatic heterocycles. The van der Waals surface area contributed by atoms with Crippen molar-refractivity contribution < 1.29 is 13.9 Å². The van der Waals surface area contributed by atoms with E-state index in [-0.39, 0.29) is 11.4 Å². The second-order valence-electron chi connectivity index (χ2n) is 3.18. The number of nitrogens with one attached hydrogen (secondary N) is 1. The Kier molecular flexibility index (Phi) is 2.61. The molecule has 0 atom stereocenters. The van der Waals surface area contributed by atoms with Crippen LogP contribution in [-0.2, 0) is 5.92 Å². The van der Waals surface area contributed by atoms with Crippen molar-refractivity contribution in [2.24, 2.45) is 0 Å². The van der Waals surface area contributed by atoms with Gasteiger partial charge in [-0.15, -0.1) is 10.2 Å². The van der Waals surface area contributed by atoms with E-state index >= 15 is 0 Å². The van der Waals surface area contributed by atoms with Crippen molar-refractivity contribution in [1.82, 2.24) is 20.6 Å². The lowest BCUT2D eigenvalue weighted by Crippen LogP contribution is -2.18. The van der Waals surface area contributed by atoms with Gasteiger partial charge < -0.3 is 5.11 Å². The molecule has 0 fully saturated rings. The predicted octanol–water partition coefficient (Wildman–Crippen LogP) is 0.951. The van der Waals surface area contributed by atoms with Gasteiger partial charge in [-0.25, -0.2) is 0 Å². The molecule has 0 saturated carbocycles. The molecule has 0 amide bonds. The molecule has 0 aliphatic carbocycles. The van der Waals surface area contributed by atoms with Crippen LogP contribution in [0.1, 0.15) is 5.56 Å². The number of aliphatic hydroxyl groups is 1. The van der Waals surface area contributed by atoms with Gasteiger partial charge in [-0.2, -0.15) is 14.0 Å². The Balaban J connectivity index is 2.41. The van der Waals surface area contributed by atoms with E-state index in [1.165, 1.54) is 18.2 Å². The molecule has 0 bridgehead atoms. The van der Waals surface area contributed by atoms with E-state index in [2.05, 4.69) is 20.6 Å². The summed E-state index contributed by atoms with van der Waals surface area (Å²) >= 11 is 0. The van der Waals surface area contributed by atoms with Crippen LogP contribution in [0.25, 0.3) is 11.4 Å². The van der Waals surface area contributed by atoms with Crippen molar-refractivity contribution in [3.8, 4) is 11.4 Å². The van der Waals surface area contributed by atoms with Gasteiger partial charge in [-0.1, -0.05) is 18.2 Å². The lowest BCUT2D eigenvalue weighted by atomic mass is 10.1. The summed E-state index contributed by atoms with van der Waals surface area (Å²) in [5, 5.41) is 21.5. The molecule has 2 N–H and O–H groups in total. The molecule has 0 aliphatic rings. The van der Waals surface area contributed by atoms with Crippen LogP contribution in [0.5, 0.6) is 0 Å². The first-order chi connectivity index (χ1) is 7.63. The minimum atomic E-state index is -3.26. The molecule has 0 saturated heterocycles. The zero-order chi connectivity index (χ0) is 11.6. The predicted molar refractivity (Wildman–Crippen MR) is 50.6 cm³/mol. The van der Waals surface area contributed by atoms with Gasteiger partial charge in [0.25, 0.3) is 5.92 Å². The highest BCUT2D eigenvalue weighted by Gasteiger charge is 2.30. The van der Waals surface area contributed by atoms with Gasteiger partial charge in [0.1, 0.15) is 6.61 Å². The topological polar surface area (TPSA) is 74.7 Å². The van der Waals surface area contributed by atoms with E-state index in [9.17, 15) is 8.78 Å². The molecule has 0 spiro atoms. The molecule has 0 unspecified atom stereocenters. The lowest BCUT2D eigenvalue weighted by molar-refractivity contribution is -0.0555. The Labute approximate surface area is 89.1 Å². The van der Waals surface area contributed by atoms with E-state index in [0.717, 1.165) is 0 Å². The normalized spacial score (nSPS) is 11.7. The third-order valence-electron chi connectivity index (χ3n) is 2.09. The maximum Gasteiger partial charge on any atom is 0.295 e. The third-order valence-corrected chi connectivity index (χ3v) is 2.09. The van der Waals surface area contributed by atoms with Crippen molar-refractivity contribution in [3.05, 3.63) is 29.8 Å². The number of hydrogen-bond acceptors (Lipinski definition) is 4. The van der Waals surface area contributed by atoms with Crippen LogP contribution in [0.15, 0.2) is 24.3 Å². The zero-order valence-corrected chi connectivity index (χ0v) is 8.06. The number of halogens is 2. The van der Waals surface area contributed by atoms with Crippen LogP contribution < -0.4 is 0 Å². The first-order valence-corrected chi connectivity index (χ1v) is 4.46. The van der Waals surface area contributed by atoms with Crippen molar-refractivity contribution in [3.63, 3.8) is 0 Å². The van der Waals surface area contributed by atoms with Crippen LogP contribution in [0.2, 0.25) is 0 Å². The van der Waals surface area contributed by atoms with Crippen LogP contribution in [0.4, 0.5) is 8.78 Å². The highest BCUT2D eigenvalue weighted by atomic mass is 19.3. The van der Waals surface area contributed by atoms with Gasteiger partial charge in [-0.3, -0.25) is 0 Å². The van der Waals surface area contributed by atoms with Gasteiger partial charge in [-0.05, 0) is 11.3 Å². The summed E-state index contributed by atoms with van der Waals surface area (Å²) in [6, 6.07) is 5.49. The number of nitrogens with zero attached hydrogens (tertiary/aromatic N) is 3. The summed E-state index contributed by atoms with van der Waals surface area (Å²) in [6.45, 7) is -1.23. The maximum absolute atomic E-state index is 13.2. The maximum atomic E-state index is 13.2. The molecular weight excluding hydrogens is 218 g/mol. The Morgan fingerprint density at radius 1 is 1.38 bits per heavy atom. The minimum Gasteiger partial charge on any atom is -0.390 e. The molecule has 84 valence electrons. The second kappa shape index (κ2) is 3.93. The first kappa shape index (κ1) is 10.6. The van der Waals surface area contributed by atoms with Crippen LogP contribution >= 0.6 is 0 Å². The Morgan fingerprint density at radius 2 is 2.19 bits per heavy atom. The molecule has 5 nitrogen and oxygen atoms in total. The quantitative estimate of drug-likeness (QED) is 0.817. The van der Waals surface area contributed by atoms with Gasteiger partial charge in [0.05, 0.1) is 0 Å². The van der Waals surface area contributed by atoms with E-state index in [1.807, 2.05) is 0 Å². The van der Waals surface area contributed by atoms with Crippen molar-refractivity contribution in [2.45, 2.75) is 5.92 Å². The number of aromatic nitrogens is 4. The summed E-state index contributed by atoms with van der Waals surface area (Å²) in [4.78, 5) is 0. The van der Waals surface area contributed by atoms with Crippen molar-refractivity contribution >= 4 is 0 Å². The SMILES string of the molecule is OCC(F)(F)c1cccc(-c2nn[nH]n2)c1. The third kappa shape index (κ3) is 1.89. The number of aliphatic hydroxyl groups excluding tert-OH is 1. The molecule has 16 heavy (non-hydrogen) atoms. The highest BCUT2D eigenvalue weighted by Crippen LogP contribution is 2.29. The summed E-state index contributed by atoms with van der Waals surface area (Å²) in [5.74, 6) is -3.03. The highest BCUT2D eigenvalue weighted by molar-refractivity contribution is 5.55. The fraction of sp³-hybridized carbons (Fsp3) is 0.222. The van der Waals surface area contributed by atoms with Crippen LogP contribution in [-0.4, -0.2) is 32.3 Å². The molecule has 2 rings (SSSR count). The number of tetrazole rings is 1. The molecule has 0 aliphatic heterocycles. The average Bonchev–Trinajstić information content (AvgIpc) is 2.83. The van der Waals surface area contributed by atoms with Crippen molar-refractivity contribution in [2.75, 3.05) is 6.61 Å². The van der Waals surface area contributed by atoms with Gasteiger partial charge in [0, 0.05) is 11.1 Å². The number of hydrogen-bond donors (Lipinski definition) is 2. The number of alkyl halides is 2. The minimum absolute atomic E-state index is 0.232. The number of rotatable bonds is 3. The van der Waals surface area contributed by atoms with Crippen LogP contribution in [0, 0.1) is 0 Å². The Bertz CT molecular complexity index is 472. The average molecular weight is 226 g/mol. The van der Waals surface area contributed by atoms with Crippen molar-refractivity contribution in [1.29, 1.82) is 0 Å². The first-order valence-electron chi connectivity index (χ1n) is 4.46. The zero-order valence-electron chi connectivity index (χ0n) is 8.06. The Hall–Kier alpha value is -1.89.